The lowest BCUT2D eigenvalue weighted by Crippen LogP contribution is -1.86. The Morgan fingerprint density at radius 1 is 1.67 bits per heavy atom. The summed E-state index contributed by atoms with van der Waals surface area (Å²) in [6, 6.07) is 0. The first kappa shape index (κ1) is 5.93. The van der Waals surface area contributed by atoms with Crippen molar-refractivity contribution in [1.29, 1.82) is 0 Å². The molecule has 1 N–H and O–H groups in total. The average molecular weight is 127 g/mol. The third-order valence-electron chi connectivity index (χ3n) is 0.0942. The van der Waals surface area contributed by atoms with Crippen molar-refractivity contribution >= 4 is 22.7 Å². The van der Waals surface area contributed by atoms with Gasteiger partial charge in [0.2, 0.25) is 0 Å². The fourth-order valence-corrected chi connectivity index (χ4v) is 0. The molecule has 0 saturated carbocycles. The van der Waals surface area contributed by atoms with Gasteiger partial charge < -0.3 is 0 Å². The maximum absolute atomic E-state index is 9.28. The predicted octanol–water partition coefficient (Wildman–Crippen LogP) is -0.480. The largest absolute Gasteiger partial charge is 0.389 e. The highest BCUT2D eigenvalue weighted by Crippen LogP contribution is 1.75. The first-order chi connectivity index (χ1) is 2.56. The van der Waals surface area contributed by atoms with Crippen LogP contribution in [0.5, 0.6) is 0 Å². The highest BCUT2D eigenvalue weighted by atomic mass is 32.3. The van der Waals surface area contributed by atoms with Crippen molar-refractivity contribution in [3.05, 3.63) is 0 Å². The standard InChI is InChI=1S/HNO3S2/c2-6(3,4)1-5/h(H,2,3,4). The SMILES string of the molecule is O=S(=O)(O)N=S. The van der Waals surface area contributed by atoms with Gasteiger partial charge >= 0.3 is 10.3 Å². The van der Waals surface area contributed by atoms with E-state index in [9.17, 15) is 8.42 Å². The van der Waals surface area contributed by atoms with Gasteiger partial charge in [0.15, 0.2) is 0 Å². The summed E-state index contributed by atoms with van der Waals surface area (Å²) >= 11 is 3.58. The van der Waals surface area contributed by atoms with Crippen LogP contribution in [-0.2, 0) is 22.7 Å². The van der Waals surface area contributed by atoms with Gasteiger partial charge in [-0.2, -0.15) is 8.42 Å². The summed E-state index contributed by atoms with van der Waals surface area (Å²) in [6.45, 7) is 0. The molecule has 0 spiro atoms. The molecule has 0 aliphatic heterocycles. The molecule has 0 rings (SSSR count). The fraction of sp³-hybridized carbons (Fsp3) is 0. The number of rotatable bonds is 1. The Kier molecular flexibility index (Phi) is 1.57. The molecule has 0 amide bonds. The summed E-state index contributed by atoms with van der Waals surface area (Å²) in [6.07, 6.45) is 0. The van der Waals surface area contributed by atoms with Gasteiger partial charge in [0.1, 0.15) is 0 Å². The van der Waals surface area contributed by atoms with Crippen LogP contribution in [0.4, 0.5) is 0 Å². The molecule has 0 fully saturated rings. The number of nitrogens with zero attached hydrogens (tertiary/aromatic N) is 1. The van der Waals surface area contributed by atoms with Crippen molar-refractivity contribution in [2.45, 2.75) is 0 Å². The Hall–Kier alpha value is -0.0700. The van der Waals surface area contributed by atoms with E-state index in [0.29, 0.717) is 0 Å². The van der Waals surface area contributed by atoms with Crippen LogP contribution in [0.15, 0.2) is 3.77 Å². The second-order valence-electron chi connectivity index (χ2n) is 0.522. The molecular formula is HNO3S2. The second kappa shape index (κ2) is 1.59. The highest BCUT2D eigenvalue weighted by molar-refractivity contribution is 7.87. The van der Waals surface area contributed by atoms with Crippen LogP contribution < -0.4 is 0 Å². The van der Waals surface area contributed by atoms with Gasteiger partial charge in [0.25, 0.3) is 0 Å². The zero-order valence-corrected chi connectivity index (χ0v) is 4.16. The third-order valence-corrected chi connectivity index (χ3v) is 0.848. The van der Waals surface area contributed by atoms with Gasteiger partial charge in [-0.25, -0.2) is 0 Å². The Labute approximate surface area is 40.2 Å². The van der Waals surface area contributed by atoms with Crippen molar-refractivity contribution in [3.8, 4) is 0 Å². The summed E-state index contributed by atoms with van der Waals surface area (Å²) < 4.78 is 28.2. The summed E-state index contributed by atoms with van der Waals surface area (Å²) in [5, 5.41) is 0. The summed E-state index contributed by atoms with van der Waals surface area (Å²) in [5.41, 5.74) is 0. The first-order valence-corrected chi connectivity index (χ1v) is 2.64. The smallest absolute Gasteiger partial charge is 0.267 e. The molecule has 6 heavy (non-hydrogen) atoms. The minimum absolute atomic E-state index is 2.13. The van der Waals surface area contributed by atoms with Crippen LogP contribution in [0.3, 0.4) is 0 Å². The van der Waals surface area contributed by atoms with E-state index in [1.54, 1.807) is 0 Å². The normalized spacial score (nSPS) is 10.8. The molecule has 0 saturated heterocycles. The van der Waals surface area contributed by atoms with Gasteiger partial charge in [0, 0.05) is 0 Å². The molecule has 0 atom stereocenters. The van der Waals surface area contributed by atoms with Crippen LogP contribution in [0.1, 0.15) is 0 Å². The third kappa shape index (κ3) is 3.93. The Bertz CT molecular complexity index is 119. The molecule has 0 bridgehead atoms. The van der Waals surface area contributed by atoms with E-state index in [-0.39, 0.29) is 0 Å². The predicted molar refractivity (Wildman–Crippen MR) is 21.3 cm³/mol. The minimum Gasteiger partial charge on any atom is -0.267 e. The van der Waals surface area contributed by atoms with Crippen LogP contribution in [-0.4, -0.2) is 13.0 Å². The van der Waals surface area contributed by atoms with Crippen molar-refractivity contribution in [3.63, 3.8) is 0 Å². The molecule has 0 unspecified atom stereocenters. The van der Waals surface area contributed by atoms with E-state index in [1.807, 2.05) is 0 Å². The summed E-state index contributed by atoms with van der Waals surface area (Å²) in [5.74, 6) is 0. The van der Waals surface area contributed by atoms with E-state index in [1.165, 1.54) is 0 Å². The second-order valence-corrected chi connectivity index (χ2v) is 2.01. The summed E-state index contributed by atoms with van der Waals surface area (Å²) in [4.78, 5) is 0. The van der Waals surface area contributed by atoms with Gasteiger partial charge in [-0.15, -0.1) is 0 Å². The van der Waals surface area contributed by atoms with E-state index in [2.05, 4.69) is 16.2 Å². The molecule has 0 heterocycles. The number of hydrogen-bond acceptors (Lipinski definition) is 3. The van der Waals surface area contributed by atoms with E-state index in [0.717, 1.165) is 0 Å². The average Bonchev–Trinajstić information content (AvgIpc) is 1.35. The topological polar surface area (TPSA) is 66.7 Å². The first-order valence-electron chi connectivity index (χ1n) is 0.881. The van der Waals surface area contributed by atoms with Crippen LogP contribution >= 0.6 is 0 Å². The van der Waals surface area contributed by atoms with Crippen molar-refractivity contribution in [1.82, 2.24) is 0 Å². The zero-order valence-electron chi connectivity index (χ0n) is 2.53. The van der Waals surface area contributed by atoms with Crippen molar-refractivity contribution in [2.75, 3.05) is 0 Å². The van der Waals surface area contributed by atoms with Crippen LogP contribution in [0.25, 0.3) is 0 Å². The number of hydrogen-bond donors (Lipinski definition) is 1. The molecule has 4 nitrogen and oxygen atoms in total. The Balaban J connectivity index is 4.25. The minimum atomic E-state index is -4.22. The molecule has 0 aromatic heterocycles. The van der Waals surface area contributed by atoms with Gasteiger partial charge in [-0.3, -0.25) is 4.55 Å². The van der Waals surface area contributed by atoms with Crippen molar-refractivity contribution < 1.29 is 13.0 Å². The maximum Gasteiger partial charge on any atom is 0.389 e. The lowest BCUT2D eigenvalue weighted by atomic mass is 13.9. The molecule has 36 valence electrons. The molecule has 0 radical (unpaired) electrons. The van der Waals surface area contributed by atoms with Gasteiger partial charge in [0.05, 0.1) is 12.4 Å². The molecule has 0 aromatic carbocycles. The lowest BCUT2D eigenvalue weighted by molar-refractivity contribution is 0.486. The Morgan fingerprint density at radius 3 is 1.83 bits per heavy atom. The van der Waals surface area contributed by atoms with Gasteiger partial charge in [-0.1, -0.05) is 3.77 Å². The molecule has 0 aliphatic carbocycles. The molecule has 0 aromatic rings. The van der Waals surface area contributed by atoms with E-state index < -0.39 is 10.3 Å². The zero-order chi connectivity index (χ0) is 5.21. The monoisotopic (exact) mass is 127 g/mol. The lowest BCUT2D eigenvalue weighted by Gasteiger charge is -1.70. The molecule has 6 heteroatoms. The quantitative estimate of drug-likeness (QED) is 0.483. The van der Waals surface area contributed by atoms with E-state index in [4.69, 9.17) is 4.55 Å². The van der Waals surface area contributed by atoms with Crippen LogP contribution in [0, 0.1) is 0 Å². The van der Waals surface area contributed by atoms with Crippen molar-refractivity contribution in [2.24, 2.45) is 3.77 Å². The maximum atomic E-state index is 9.28. The fourth-order valence-electron chi connectivity index (χ4n) is 0. The van der Waals surface area contributed by atoms with Crippen LogP contribution in [0.2, 0.25) is 0 Å². The molecule has 0 aliphatic rings. The van der Waals surface area contributed by atoms with E-state index >= 15 is 0 Å². The summed E-state index contributed by atoms with van der Waals surface area (Å²) in [7, 11) is -4.22. The molecular weight excluding hydrogens is 126 g/mol. The van der Waals surface area contributed by atoms with Gasteiger partial charge in [-0.05, 0) is 0 Å². The Morgan fingerprint density at radius 2 is 1.83 bits per heavy atom. The highest BCUT2D eigenvalue weighted by Gasteiger charge is 1.91.